The molecule has 0 saturated carbocycles. The molecule has 0 spiro atoms. The Morgan fingerprint density at radius 3 is 2.67 bits per heavy atom. The first kappa shape index (κ1) is 23.5. The fraction of sp³-hybridized carbons (Fsp3) is 0.304. The number of nitrogens with one attached hydrogen (secondary N) is 2. The number of nitrogens with zero attached hydrogens (tertiary/aromatic N) is 3. The zero-order chi connectivity index (χ0) is 23.8. The summed E-state index contributed by atoms with van der Waals surface area (Å²) in [4.78, 5) is 11.0. The van der Waals surface area contributed by atoms with E-state index < -0.39 is 13.0 Å². The molecule has 1 aromatic heterocycles. The van der Waals surface area contributed by atoms with E-state index in [2.05, 4.69) is 32.5 Å². The van der Waals surface area contributed by atoms with E-state index in [0.29, 0.717) is 22.7 Å². The van der Waals surface area contributed by atoms with Crippen molar-refractivity contribution < 1.29 is 13.7 Å². The lowest BCUT2D eigenvalue weighted by atomic mass is 9.99. The van der Waals surface area contributed by atoms with Crippen LogP contribution in [0, 0.1) is 5.82 Å². The average molecular weight is 490 g/mol. The Morgan fingerprint density at radius 2 is 1.94 bits per heavy atom. The van der Waals surface area contributed by atoms with Crippen LogP contribution < -0.4 is 20.7 Å². The third-order valence-corrected chi connectivity index (χ3v) is 7.33. The summed E-state index contributed by atoms with van der Waals surface area (Å²) in [5, 5.41) is 6.99. The number of rotatable bonds is 6. The van der Waals surface area contributed by atoms with E-state index in [-0.39, 0.29) is 10.8 Å². The van der Waals surface area contributed by atoms with Crippen molar-refractivity contribution in [2.24, 2.45) is 0 Å². The third kappa shape index (κ3) is 5.29. The number of methoxy groups -OCH3 is 1. The molecular formula is C23H26ClFN5O2P. The van der Waals surface area contributed by atoms with Crippen LogP contribution in [-0.4, -0.2) is 48.9 Å². The molecule has 0 saturated heterocycles. The van der Waals surface area contributed by atoms with Gasteiger partial charge >= 0.3 is 0 Å². The molecule has 2 aromatic carbocycles. The molecule has 4 rings (SSSR count). The van der Waals surface area contributed by atoms with Crippen molar-refractivity contribution in [1.29, 1.82) is 0 Å². The SMILES string of the molecule is COc1cc2c(cc1Nc1ncc(Cl)c(Nc3cc(F)ccc3P(C)(C)=O)n1)CN(C)CC2. The minimum absolute atomic E-state index is 0.247. The maximum Gasteiger partial charge on any atom is 0.229 e. The van der Waals surface area contributed by atoms with Gasteiger partial charge < -0.3 is 24.8 Å². The molecule has 0 unspecified atom stereocenters. The molecule has 2 N–H and O–H groups in total. The normalized spacial score (nSPS) is 14.0. The molecule has 0 radical (unpaired) electrons. The summed E-state index contributed by atoms with van der Waals surface area (Å²) in [6.07, 6.45) is 2.41. The summed E-state index contributed by atoms with van der Waals surface area (Å²) in [7, 11) is 1.04. The zero-order valence-electron chi connectivity index (χ0n) is 18.9. The van der Waals surface area contributed by atoms with E-state index in [4.69, 9.17) is 16.3 Å². The highest BCUT2D eigenvalue weighted by Crippen LogP contribution is 2.39. The molecule has 0 amide bonds. The van der Waals surface area contributed by atoms with Crippen molar-refractivity contribution in [3.8, 4) is 5.75 Å². The van der Waals surface area contributed by atoms with Gasteiger partial charge in [-0.15, -0.1) is 0 Å². The van der Waals surface area contributed by atoms with Crippen LogP contribution in [0.4, 0.5) is 27.5 Å². The molecule has 2 heterocycles. The molecule has 7 nitrogen and oxygen atoms in total. The quantitative estimate of drug-likeness (QED) is 0.472. The van der Waals surface area contributed by atoms with Gasteiger partial charge in [-0.25, -0.2) is 9.37 Å². The number of benzene rings is 2. The summed E-state index contributed by atoms with van der Waals surface area (Å²) in [6.45, 7) is 5.10. The van der Waals surface area contributed by atoms with Crippen LogP contribution in [0.2, 0.25) is 5.02 Å². The number of hydrogen-bond acceptors (Lipinski definition) is 7. The fourth-order valence-corrected chi connectivity index (χ4v) is 5.11. The van der Waals surface area contributed by atoms with Crippen LogP contribution in [0.25, 0.3) is 0 Å². The van der Waals surface area contributed by atoms with Crippen molar-refractivity contribution in [1.82, 2.24) is 14.9 Å². The van der Waals surface area contributed by atoms with Crippen molar-refractivity contribution in [3.63, 3.8) is 0 Å². The molecule has 0 atom stereocenters. The van der Waals surface area contributed by atoms with Crippen LogP contribution in [-0.2, 0) is 17.5 Å². The van der Waals surface area contributed by atoms with Gasteiger partial charge in [0.05, 0.1) is 24.7 Å². The smallest absolute Gasteiger partial charge is 0.229 e. The summed E-state index contributed by atoms with van der Waals surface area (Å²) >= 11 is 6.32. The maximum absolute atomic E-state index is 13.9. The average Bonchev–Trinajstić information content (AvgIpc) is 2.74. The molecule has 1 aliphatic heterocycles. The van der Waals surface area contributed by atoms with Gasteiger partial charge in [0.2, 0.25) is 5.95 Å². The highest BCUT2D eigenvalue weighted by Gasteiger charge is 2.20. The van der Waals surface area contributed by atoms with Gasteiger partial charge in [0.15, 0.2) is 5.82 Å². The largest absolute Gasteiger partial charge is 0.495 e. The fourth-order valence-electron chi connectivity index (χ4n) is 3.84. The van der Waals surface area contributed by atoms with Crippen LogP contribution in [0.3, 0.4) is 0 Å². The molecule has 1 aliphatic rings. The van der Waals surface area contributed by atoms with Crippen molar-refractivity contribution in [2.45, 2.75) is 13.0 Å². The second-order valence-corrected chi connectivity index (χ2v) is 12.1. The Morgan fingerprint density at radius 1 is 1.15 bits per heavy atom. The van der Waals surface area contributed by atoms with Crippen LogP contribution >= 0.6 is 18.7 Å². The second kappa shape index (κ2) is 9.29. The highest BCUT2D eigenvalue weighted by molar-refractivity contribution is 7.70. The van der Waals surface area contributed by atoms with Crippen molar-refractivity contribution in [3.05, 3.63) is 58.5 Å². The lowest BCUT2D eigenvalue weighted by Crippen LogP contribution is -2.26. The van der Waals surface area contributed by atoms with E-state index in [1.165, 1.54) is 35.5 Å². The van der Waals surface area contributed by atoms with E-state index in [1.807, 2.05) is 12.1 Å². The molecule has 0 aliphatic carbocycles. The van der Waals surface area contributed by atoms with Gasteiger partial charge in [-0.3, -0.25) is 0 Å². The lowest BCUT2D eigenvalue weighted by molar-refractivity contribution is 0.312. The predicted molar refractivity (Wildman–Crippen MR) is 132 cm³/mol. The minimum atomic E-state index is -2.67. The third-order valence-electron chi connectivity index (χ3n) is 5.51. The molecular weight excluding hydrogens is 464 g/mol. The lowest BCUT2D eigenvalue weighted by Gasteiger charge is -2.26. The minimum Gasteiger partial charge on any atom is -0.495 e. The molecule has 0 fully saturated rings. The monoisotopic (exact) mass is 489 g/mol. The number of ether oxygens (including phenoxy) is 1. The first-order chi connectivity index (χ1) is 15.6. The number of anilines is 4. The summed E-state index contributed by atoms with van der Waals surface area (Å²) in [5.74, 6) is 0.795. The van der Waals surface area contributed by atoms with Crippen molar-refractivity contribution >= 4 is 47.2 Å². The van der Waals surface area contributed by atoms with Gasteiger partial charge in [0.25, 0.3) is 0 Å². The molecule has 10 heteroatoms. The number of fused-ring (bicyclic) bond motifs is 1. The topological polar surface area (TPSA) is 79.4 Å². The summed E-state index contributed by atoms with van der Waals surface area (Å²) in [5.41, 5.74) is 3.56. The van der Waals surface area contributed by atoms with Gasteiger partial charge in [-0.2, -0.15) is 4.98 Å². The van der Waals surface area contributed by atoms with E-state index in [9.17, 15) is 8.96 Å². The first-order valence-electron chi connectivity index (χ1n) is 10.4. The van der Waals surface area contributed by atoms with E-state index in [0.717, 1.165) is 25.2 Å². The zero-order valence-corrected chi connectivity index (χ0v) is 20.6. The number of likely N-dealkylation sites (N-methyl/N-ethyl adjacent to an activating group) is 1. The van der Waals surface area contributed by atoms with Crippen molar-refractivity contribution in [2.75, 3.05) is 44.7 Å². The Balaban J connectivity index is 1.67. The molecule has 0 bridgehead atoms. The Kier molecular flexibility index (Phi) is 6.61. The van der Waals surface area contributed by atoms with Crippen LogP contribution in [0.15, 0.2) is 36.5 Å². The summed E-state index contributed by atoms with van der Waals surface area (Å²) < 4.78 is 32.2. The highest BCUT2D eigenvalue weighted by atomic mass is 35.5. The van der Waals surface area contributed by atoms with E-state index in [1.54, 1.807) is 20.4 Å². The number of halogens is 2. The van der Waals surface area contributed by atoms with Gasteiger partial charge in [0.1, 0.15) is 23.7 Å². The first-order valence-corrected chi connectivity index (χ1v) is 13.4. The van der Waals surface area contributed by atoms with Crippen LogP contribution in [0.1, 0.15) is 11.1 Å². The van der Waals surface area contributed by atoms with E-state index >= 15 is 0 Å². The Labute approximate surface area is 197 Å². The van der Waals surface area contributed by atoms with Gasteiger partial charge in [-0.05, 0) is 68.3 Å². The Bertz CT molecular complexity index is 1250. The maximum atomic E-state index is 13.9. The number of aromatic nitrogens is 2. The second-order valence-electron chi connectivity index (χ2n) is 8.46. The number of hydrogen-bond donors (Lipinski definition) is 2. The van der Waals surface area contributed by atoms with Gasteiger partial charge in [0, 0.05) is 18.4 Å². The van der Waals surface area contributed by atoms with Gasteiger partial charge in [-0.1, -0.05) is 11.6 Å². The Hall–Kier alpha value is -2.67. The summed E-state index contributed by atoms with van der Waals surface area (Å²) in [6, 6.07) is 8.17. The predicted octanol–water partition coefficient (Wildman–Crippen LogP) is 5.00. The van der Waals surface area contributed by atoms with Crippen LogP contribution in [0.5, 0.6) is 5.75 Å². The molecule has 174 valence electrons. The molecule has 33 heavy (non-hydrogen) atoms. The standard InChI is InChI=1S/C23H26ClFN5O2P/c1-30-8-7-14-10-20(32-2)18(9-15(14)13-30)28-23-26-12-17(24)22(29-23)27-19-11-16(25)5-6-21(19)33(3,4)31/h5-6,9-12H,7-8,13H2,1-4H3,(H2,26,27,28,29). The molecule has 3 aromatic rings.